The fourth-order valence-corrected chi connectivity index (χ4v) is 7.79. The molecule has 58 heavy (non-hydrogen) atoms. The van der Waals surface area contributed by atoms with Crippen LogP contribution in [0.4, 0.5) is 0 Å². The summed E-state index contributed by atoms with van der Waals surface area (Å²) in [4.78, 5) is 36.9. The molecule has 0 aromatic heterocycles. The van der Waals surface area contributed by atoms with Crippen LogP contribution in [0.3, 0.4) is 0 Å². The maximum atomic E-state index is 12.5. The number of carbonyl (C=O) groups excluding carboxylic acids is 3. The van der Waals surface area contributed by atoms with Gasteiger partial charge in [0, 0.05) is 12.8 Å². The minimum absolute atomic E-state index is 0.0117. The van der Waals surface area contributed by atoms with Crippen LogP contribution in [0, 0.1) is 11.8 Å². The quantitative estimate of drug-likeness (QED) is 0.0262. The van der Waals surface area contributed by atoms with E-state index in [1.165, 1.54) is 180 Å². The van der Waals surface area contributed by atoms with Crippen molar-refractivity contribution in [3.63, 3.8) is 0 Å². The van der Waals surface area contributed by atoms with Crippen molar-refractivity contribution < 1.29 is 28.6 Å². The van der Waals surface area contributed by atoms with Crippen LogP contribution in [-0.2, 0) is 28.6 Å². The first-order chi connectivity index (χ1) is 28.4. The largest absolute Gasteiger partial charge is 0.468 e. The van der Waals surface area contributed by atoms with Gasteiger partial charge in [-0.1, -0.05) is 189 Å². The SMILES string of the molecule is CCCCCCCCC(CCCCCC)COC(=O)CCCCCN(CCCCCC)CCCC(=O)OCC.CCCCCCCCC(CCCCCC)COC=O. The molecule has 346 valence electrons. The second kappa shape index (κ2) is 49.7. The summed E-state index contributed by atoms with van der Waals surface area (Å²) < 4.78 is 15.8. The summed E-state index contributed by atoms with van der Waals surface area (Å²) in [6.45, 7) is 18.5. The van der Waals surface area contributed by atoms with Gasteiger partial charge in [-0.05, 0) is 89.8 Å². The van der Waals surface area contributed by atoms with E-state index in [4.69, 9.17) is 14.2 Å². The van der Waals surface area contributed by atoms with E-state index in [0.717, 1.165) is 45.3 Å². The summed E-state index contributed by atoms with van der Waals surface area (Å²) in [5.41, 5.74) is 0. The van der Waals surface area contributed by atoms with Crippen LogP contribution < -0.4 is 0 Å². The van der Waals surface area contributed by atoms with Crippen molar-refractivity contribution >= 4 is 18.4 Å². The van der Waals surface area contributed by atoms with Crippen LogP contribution in [0.1, 0.15) is 260 Å². The van der Waals surface area contributed by atoms with E-state index >= 15 is 0 Å². The van der Waals surface area contributed by atoms with E-state index in [1.807, 2.05) is 6.92 Å². The van der Waals surface area contributed by atoms with E-state index in [1.54, 1.807) is 0 Å². The number of nitrogens with zero attached hydrogens (tertiary/aromatic N) is 1. The summed E-state index contributed by atoms with van der Waals surface area (Å²) >= 11 is 0. The van der Waals surface area contributed by atoms with Crippen LogP contribution in [-0.4, -0.2) is 62.8 Å². The molecule has 0 rings (SSSR count). The number of hydrogen-bond donors (Lipinski definition) is 0. The van der Waals surface area contributed by atoms with Gasteiger partial charge in [0.05, 0.1) is 19.8 Å². The van der Waals surface area contributed by atoms with Crippen LogP contribution in [0.15, 0.2) is 0 Å². The van der Waals surface area contributed by atoms with E-state index < -0.39 is 0 Å². The Morgan fingerprint density at radius 2 is 0.759 bits per heavy atom. The third kappa shape index (κ3) is 45.5. The van der Waals surface area contributed by atoms with Crippen molar-refractivity contribution in [1.29, 1.82) is 0 Å². The van der Waals surface area contributed by atoms with Crippen molar-refractivity contribution in [2.75, 3.05) is 39.5 Å². The highest BCUT2D eigenvalue weighted by atomic mass is 16.5. The number of esters is 2. The molecular weight excluding hydrogens is 723 g/mol. The zero-order valence-electron chi connectivity index (χ0n) is 39.9. The number of rotatable bonds is 45. The summed E-state index contributed by atoms with van der Waals surface area (Å²) in [5.74, 6) is 1.03. The normalized spacial score (nSPS) is 12.2. The van der Waals surface area contributed by atoms with Gasteiger partial charge in [-0.25, -0.2) is 0 Å². The maximum Gasteiger partial charge on any atom is 0.305 e. The molecule has 0 bridgehead atoms. The first-order valence-corrected chi connectivity index (χ1v) is 25.5. The van der Waals surface area contributed by atoms with Crippen LogP contribution in [0.5, 0.6) is 0 Å². The summed E-state index contributed by atoms with van der Waals surface area (Å²) in [6, 6.07) is 0. The molecule has 0 aromatic carbocycles. The predicted molar refractivity (Wildman–Crippen MR) is 248 cm³/mol. The van der Waals surface area contributed by atoms with Gasteiger partial charge in [-0.2, -0.15) is 0 Å². The van der Waals surface area contributed by atoms with Gasteiger partial charge in [-0.15, -0.1) is 0 Å². The van der Waals surface area contributed by atoms with Gasteiger partial charge >= 0.3 is 11.9 Å². The van der Waals surface area contributed by atoms with Crippen molar-refractivity contribution in [3.05, 3.63) is 0 Å². The summed E-state index contributed by atoms with van der Waals surface area (Å²) in [7, 11) is 0. The molecule has 0 aromatic rings. The molecule has 2 atom stereocenters. The Bertz CT molecular complexity index is 838. The van der Waals surface area contributed by atoms with Crippen LogP contribution in [0.25, 0.3) is 0 Å². The molecule has 0 fully saturated rings. The number of hydrogen-bond acceptors (Lipinski definition) is 7. The second-order valence-corrected chi connectivity index (χ2v) is 17.3. The fraction of sp³-hybridized carbons (Fsp3) is 0.941. The molecule has 2 unspecified atom stereocenters. The highest BCUT2D eigenvalue weighted by Gasteiger charge is 2.13. The molecule has 0 saturated heterocycles. The Balaban J connectivity index is 0. The second-order valence-electron chi connectivity index (χ2n) is 17.3. The zero-order valence-corrected chi connectivity index (χ0v) is 39.9. The molecule has 0 aliphatic rings. The Morgan fingerprint density at radius 1 is 0.414 bits per heavy atom. The molecule has 0 N–H and O–H groups in total. The van der Waals surface area contributed by atoms with Gasteiger partial charge in [0.15, 0.2) is 0 Å². The third-order valence-corrected chi connectivity index (χ3v) is 11.6. The van der Waals surface area contributed by atoms with Crippen LogP contribution >= 0.6 is 0 Å². The minimum atomic E-state index is -0.0860. The number of unbranched alkanes of at least 4 members (excludes halogenated alkanes) is 21. The van der Waals surface area contributed by atoms with E-state index in [0.29, 0.717) is 51.0 Å². The molecule has 0 aliphatic heterocycles. The van der Waals surface area contributed by atoms with Gasteiger partial charge in [0.1, 0.15) is 0 Å². The zero-order chi connectivity index (χ0) is 43.0. The molecular formula is C51H101NO6. The summed E-state index contributed by atoms with van der Waals surface area (Å²) in [6.07, 6.45) is 41.2. The Morgan fingerprint density at radius 3 is 1.21 bits per heavy atom. The van der Waals surface area contributed by atoms with Gasteiger partial charge in [0.25, 0.3) is 6.47 Å². The highest BCUT2D eigenvalue weighted by Crippen LogP contribution is 2.21. The van der Waals surface area contributed by atoms with Crippen molar-refractivity contribution in [3.8, 4) is 0 Å². The lowest BCUT2D eigenvalue weighted by Crippen LogP contribution is -2.28. The topological polar surface area (TPSA) is 82.1 Å². The predicted octanol–water partition coefficient (Wildman–Crippen LogP) is 15.1. The molecule has 7 heteroatoms. The summed E-state index contributed by atoms with van der Waals surface area (Å²) in [5, 5.41) is 0. The smallest absolute Gasteiger partial charge is 0.305 e. The first kappa shape index (κ1) is 58.5. The average Bonchev–Trinajstić information content (AvgIpc) is 3.22. The van der Waals surface area contributed by atoms with Gasteiger partial charge in [-0.3, -0.25) is 14.4 Å². The van der Waals surface area contributed by atoms with Crippen molar-refractivity contribution in [2.24, 2.45) is 11.8 Å². The molecule has 0 heterocycles. The molecule has 0 radical (unpaired) electrons. The molecule has 7 nitrogen and oxygen atoms in total. The van der Waals surface area contributed by atoms with E-state index in [2.05, 4.69) is 39.5 Å². The Labute approximate surface area is 362 Å². The monoisotopic (exact) mass is 824 g/mol. The van der Waals surface area contributed by atoms with Gasteiger partial charge in [0.2, 0.25) is 0 Å². The lowest BCUT2D eigenvalue weighted by molar-refractivity contribution is -0.145. The maximum absolute atomic E-state index is 12.5. The Hall–Kier alpha value is -1.63. The Kier molecular flexibility index (Phi) is 50.1. The lowest BCUT2D eigenvalue weighted by Gasteiger charge is -2.22. The highest BCUT2D eigenvalue weighted by molar-refractivity contribution is 5.69. The van der Waals surface area contributed by atoms with E-state index in [9.17, 15) is 14.4 Å². The molecule has 0 saturated carbocycles. The average molecular weight is 824 g/mol. The molecule has 0 aliphatic carbocycles. The number of ether oxygens (including phenoxy) is 3. The van der Waals surface area contributed by atoms with E-state index in [-0.39, 0.29) is 11.9 Å². The minimum Gasteiger partial charge on any atom is -0.468 e. The van der Waals surface area contributed by atoms with Crippen molar-refractivity contribution in [1.82, 2.24) is 4.90 Å². The molecule has 0 amide bonds. The van der Waals surface area contributed by atoms with Crippen molar-refractivity contribution in [2.45, 2.75) is 260 Å². The van der Waals surface area contributed by atoms with Crippen LogP contribution in [0.2, 0.25) is 0 Å². The molecule has 0 spiro atoms. The fourth-order valence-electron chi connectivity index (χ4n) is 7.79. The first-order valence-electron chi connectivity index (χ1n) is 25.5. The van der Waals surface area contributed by atoms with Gasteiger partial charge < -0.3 is 19.1 Å². The number of carbonyl (C=O) groups is 3. The third-order valence-electron chi connectivity index (χ3n) is 11.6. The standard InChI is InChI=1S/C34H67NO4.C17H34O2/c1-5-9-12-15-16-19-25-32(24-18-13-10-6-2)31-39-34(37)26-20-17-22-29-35(28-21-14-11-7-3)30-23-27-33(36)38-8-4;1-3-5-7-9-10-12-14-17(15-19-16-18)13-11-8-6-4-2/h32H,5-31H2,1-4H3;16-17H,3-15H2,1-2H3. The lowest BCUT2D eigenvalue weighted by atomic mass is 9.95.